The van der Waals surface area contributed by atoms with Gasteiger partial charge in [0, 0.05) is 11.4 Å². The first kappa shape index (κ1) is 22.7. The summed E-state index contributed by atoms with van der Waals surface area (Å²) in [7, 11) is 0. The van der Waals surface area contributed by atoms with Crippen molar-refractivity contribution in [3.8, 4) is 5.75 Å². The third-order valence-electron chi connectivity index (χ3n) is 3.48. The van der Waals surface area contributed by atoms with Crippen molar-refractivity contribution in [3.05, 3.63) is 45.4 Å². The van der Waals surface area contributed by atoms with E-state index in [1.54, 1.807) is 11.3 Å². The number of ether oxygens (including phenoxy) is 1. The van der Waals surface area contributed by atoms with Crippen LogP contribution in [0.1, 0.15) is 41.9 Å². The zero-order valence-electron chi connectivity index (χ0n) is 16.1. The van der Waals surface area contributed by atoms with E-state index in [-0.39, 0.29) is 30.1 Å². The van der Waals surface area contributed by atoms with Crippen LogP contribution in [0.15, 0.2) is 29.3 Å². The number of hydrogen-bond acceptors (Lipinski definition) is 4. The molecule has 0 aliphatic rings. The zero-order valence-corrected chi connectivity index (χ0v) is 19.3. The van der Waals surface area contributed by atoms with E-state index in [0.717, 1.165) is 41.1 Å². The molecule has 2 aromatic rings. The van der Waals surface area contributed by atoms with Gasteiger partial charge >= 0.3 is 0 Å². The number of halogens is 1. The molecule has 7 heteroatoms. The summed E-state index contributed by atoms with van der Waals surface area (Å²) >= 11 is 1.72. The number of benzene rings is 1. The molecule has 2 N–H and O–H groups in total. The highest BCUT2D eigenvalue weighted by Crippen LogP contribution is 2.17. The first-order valence-electron chi connectivity index (χ1n) is 8.68. The molecule has 0 aliphatic carbocycles. The number of aliphatic imine (C=N–C) groups is 1. The van der Waals surface area contributed by atoms with Crippen molar-refractivity contribution in [3.63, 3.8) is 0 Å². The lowest BCUT2D eigenvalue weighted by Gasteiger charge is -2.11. The van der Waals surface area contributed by atoms with Crippen LogP contribution in [-0.2, 0) is 13.1 Å². The maximum Gasteiger partial charge on any atom is 0.191 e. The van der Waals surface area contributed by atoms with Crippen molar-refractivity contribution >= 4 is 41.3 Å². The Bertz CT molecular complexity index is 698. The van der Waals surface area contributed by atoms with Crippen molar-refractivity contribution in [2.75, 3.05) is 6.54 Å². The fourth-order valence-corrected chi connectivity index (χ4v) is 3.24. The van der Waals surface area contributed by atoms with Crippen LogP contribution in [0.2, 0.25) is 0 Å². The quantitative estimate of drug-likeness (QED) is 0.344. The molecule has 0 radical (unpaired) electrons. The molecular weight excluding hydrogens is 459 g/mol. The van der Waals surface area contributed by atoms with Gasteiger partial charge in [0.25, 0.3) is 0 Å². The van der Waals surface area contributed by atoms with Gasteiger partial charge in [-0.05, 0) is 52.3 Å². The molecule has 0 unspecified atom stereocenters. The standard InChI is InChI=1S/C19H28N4OS.HI/c1-6-20-19(22-12-18-14(4)23-15(5)25-18)21-11-16-7-9-17(10-8-16)24-13(2)3;/h7-10,13H,6,11-12H2,1-5H3,(H2,20,21,22);1H. The van der Waals surface area contributed by atoms with Crippen molar-refractivity contribution in [2.24, 2.45) is 4.99 Å². The molecule has 1 aromatic carbocycles. The van der Waals surface area contributed by atoms with Gasteiger partial charge in [-0.1, -0.05) is 12.1 Å². The van der Waals surface area contributed by atoms with E-state index in [2.05, 4.69) is 39.7 Å². The van der Waals surface area contributed by atoms with Crippen LogP contribution < -0.4 is 15.4 Å². The summed E-state index contributed by atoms with van der Waals surface area (Å²) in [5, 5.41) is 7.77. The first-order chi connectivity index (χ1) is 12.0. The zero-order chi connectivity index (χ0) is 18.2. The van der Waals surface area contributed by atoms with Crippen molar-refractivity contribution in [1.82, 2.24) is 15.6 Å². The van der Waals surface area contributed by atoms with Crippen LogP contribution in [0.25, 0.3) is 0 Å². The molecule has 26 heavy (non-hydrogen) atoms. The molecule has 144 valence electrons. The summed E-state index contributed by atoms with van der Waals surface area (Å²) in [6.45, 7) is 12.4. The molecule has 1 aromatic heterocycles. The lowest BCUT2D eigenvalue weighted by Crippen LogP contribution is -2.36. The number of aromatic nitrogens is 1. The molecular formula is C19H29IN4OS. The minimum Gasteiger partial charge on any atom is -0.491 e. The molecule has 0 fully saturated rings. The van der Waals surface area contributed by atoms with Crippen LogP contribution in [0.5, 0.6) is 5.75 Å². The van der Waals surface area contributed by atoms with E-state index >= 15 is 0 Å². The van der Waals surface area contributed by atoms with Crippen LogP contribution in [0, 0.1) is 13.8 Å². The van der Waals surface area contributed by atoms with Gasteiger partial charge in [-0.2, -0.15) is 0 Å². The van der Waals surface area contributed by atoms with Gasteiger partial charge in [-0.25, -0.2) is 9.98 Å². The first-order valence-corrected chi connectivity index (χ1v) is 9.50. The average molecular weight is 488 g/mol. The smallest absolute Gasteiger partial charge is 0.191 e. The highest BCUT2D eigenvalue weighted by Gasteiger charge is 2.06. The maximum absolute atomic E-state index is 5.67. The fraction of sp³-hybridized carbons (Fsp3) is 0.474. The normalized spacial score (nSPS) is 11.2. The van der Waals surface area contributed by atoms with E-state index in [0.29, 0.717) is 6.54 Å². The Morgan fingerprint density at radius 3 is 2.42 bits per heavy atom. The third-order valence-corrected chi connectivity index (χ3v) is 4.55. The second kappa shape index (κ2) is 11.4. The van der Waals surface area contributed by atoms with E-state index in [1.807, 2.05) is 39.8 Å². The minimum absolute atomic E-state index is 0. The van der Waals surface area contributed by atoms with E-state index in [4.69, 9.17) is 4.74 Å². The number of rotatable bonds is 7. The Hall–Kier alpha value is -1.35. The highest BCUT2D eigenvalue weighted by molar-refractivity contribution is 14.0. The van der Waals surface area contributed by atoms with Gasteiger partial charge in [0.15, 0.2) is 5.96 Å². The van der Waals surface area contributed by atoms with Crippen LogP contribution in [-0.4, -0.2) is 23.6 Å². The summed E-state index contributed by atoms with van der Waals surface area (Å²) in [5.74, 6) is 1.71. The number of nitrogens with zero attached hydrogens (tertiary/aromatic N) is 2. The second-order valence-electron chi connectivity index (χ2n) is 6.10. The van der Waals surface area contributed by atoms with Crippen LogP contribution in [0.4, 0.5) is 0 Å². The predicted octanol–water partition coefficient (Wildman–Crippen LogP) is 4.42. The summed E-state index contributed by atoms with van der Waals surface area (Å²) in [6, 6.07) is 8.10. The lowest BCUT2D eigenvalue weighted by molar-refractivity contribution is 0.242. The molecule has 2 rings (SSSR count). The Kier molecular flexibility index (Phi) is 9.93. The largest absolute Gasteiger partial charge is 0.491 e. The SMILES string of the molecule is CCNC(=NCc1ccc(OC(C)C)cc1)NCc1sc(C)nc1C.I. The Morgan fingerprint density at radius 1 is 1.19 bits per heavy atom. The fourth-order valence-electron chi connectivity index (χ4n) is 2.36. The molecule has 0 aliphatic heterocycles. The lowest BCUT2D eigenvalue weighted by atomic mass is 10.2. The maximum atomic E-state index is 5.67. The molecule has 1 heterocycles. The molecule has 0 saturated carbocycles. The van der Waals surface area contributed by atoms with Crippen LogP contribution >= 0.6 is 35.3 Å². The van der Waals surface area contributed by atoms with Gasteiger partial charge < -0.3 is 15.4 Å². The number of nitrogens with one attached hydrogen (secondary N) is 2. The molecule has 0 atom stereocenters. The number of hydrogen-bond donors (Lipinski definition) is 2. The van der Waals surface area contributed by atoms with Gasteiger partial charge in [0.2, 0.25) is 0 Å². The van der Waals surface area contributed by atoms with E-state index in [1.165, 1.54) is 4.88 Å². The molecule has 5 nitrogen and oxygen atoms in total. The number of guanidine groups is 1. The Balaban J connectivity index is 0.00000338. The monoisotopic (exact) mass is 488 g/mol. The average Bonchev–Trinajstić information content (AvgIpc) is 2.88. The topological polar surface area (TPSA) is 58.5 Å². The summed E-state index contributed by atoms with van der Waals surface area (Å²) in [5.41, 5.74) is 2.24. The van der Waals surface area contributed by atoms with Crippen molar-refractivity contribution < 1.29 is 4.74 Å². The van der Waals surface area contributed by atoms with E-state index < -0.39 is 0 Å². The Morgan fingerprint density at radius 2 is 1.88 bits per heavy atom. The van der Waals surface area contributed by atoms with Crippen molar-refractivity contribution in [2.45, 2.75) is 53.8 Å². The van der Waals surface area contributed by atoms with E-state index in [9.17, 15) is 0 Å². The van der Waals surface area contributed by atoms with Gasteiger partial charge in [0.05, 0.1) is 29.9 Å². The number of aryl methyl sites for hydroxylation is 2. The molecule has 0 amide bonds. The second-order valence-corrected chi connectivity index (χ2v) is 7.39. The predicted molar refractivity (Wildman–Crippen MR) is 121 cm³/mol. The van der Waals surface area contributed by atoms with Crippen LogP contribution in [0.3, 0.4) is 0 Å². The summed E-state index contributed by atoms with van der Waals surface area (Å²) in [6.07, 6.45) is 0.187. The van der Waals surface area contributed by atoms with Crippen molar-refractivity contribution in [1.29, 1.82) is 0 Å². The minimum atomic E-state index is 0. The number of thiazole rings is 1. The molecule has 0 saturated heterocycles. The van der Waals surface area contributed by atoms with Gasteiger partial charge in [-0.15, -0.1) is 35.3 Å². The summed E-state index contributed by atoms with van der Waals surface area (Å²) in [4.78, 5) is 10.4. The summed E-state index contributed by atoms with van der Waals surface area (Å²) < 4.78 is 5.67. The third kappa shape index (κ3) is 7.49. The Labute approximate surface area is 177 Å². The van der Waals surface area contributed by atoms with Gasteiger partial charge in [0.1, 0.15) is 5.75 Å². The molecule has 0 spiro atoms. The highest BCUT2D eigenvalue weighted by atomic mass is 127. The molecule has 0 bridgehead atoms. The van der Waals surface area contributed by atoms with Gasteiger partial charge in [-0.3, -0.25) is 0 Å².